The van der Waals surface area contributed by atoms with E-state index < -0.39 is 39.3 Å². The van der Waals surface area contributed by atoms with Gasteiger partial charge >= 0.3 is 0 Å². The number of amides is 2. The molecule has 2 aromatic carbocycles. The van der Waals surface area contributed by atoms with Crippen LogP contribution in [0.1, 0.15) is 25.8 Å². The molecule has 0 fully saturated rings. The van der Waals surface area contributed by atoms with Crippen LogP contribution in [-0.2, 0) is 26.2 Å². The van der Waals surface area contributed by atoms with E-state index in [0.29, 0.717) is 23.6 Å². The normalized spacial score (nSPS) is 12.0. The van der Waals surface area contributed by atoms with Crippen molar-refractivity contribution in [1.29, 1.82) is 0 Å². The van der Waals surface area contributed by atoms with Crippen molar-refractivity contribution < 1.29 is 22.9 Å². The molecule has 0 heterocycles. The molecule has 0 unspecified atom stereocenters. The topological polar surface area (TPSA) is 130 Å². The van der Waals surface area contributed by atoms with Crippen molar-refractivity contribution in [2.24, 2.45) is 0 Å². The first kappa shape index (κ1) is 27.1. The van der Waals surface area contributed by atoms with E-state index in [1.165, 1.54) is 30.0 Å². The van der Waals surface area contributed by atoms with Gasteiger partial charge in [-0.05, 0) is 31.0 Å². The number of carbonyl (C=O) groups excluding carboxylic acids is 2. The largest absolute Gasteiger partial charge is 0.354 e. The molecular weight excluding hydrogens is 484 g/mol. The van der Waals surface area contributed by atoms with Crippen LogP contribution in [0.4, 0.5) is 11.4 Å². The van der Waals surface area contributed by atoms with Gasteiger partial charge in [0.25, 0.3) is 5.69 Å². The molecule has 0 saturated heterocycles. The molecule has 0 aliphatic rings. The Balaban J connectivity index is 2.42. The van der Waals surface area contributed by atoms with Crippen molar-refractivity contribution in [3.05, 3.63) is 69.2 Å². The SMILES string of the molecule is CCCNC(=O)[C@H](C)N(Cc1ccccc1Cl)C(=O)CN(c1cccc([N+](=O)[O-])c1)S(C)(=O)=O. The van der Waals surface area contributed by atoms with E-state index in [9.17, 15) is 28.1 Å². The van der Waals surface area contributed by atoms with E-state index >= 15 is 0 Å². The van der Waals surface area contributed by atoms with Crippen LogP contribution in [-0.4, -0.2) is 55.4 Å². The number of non-ortho nitro benzene ring substituents is 1. The van der Waals surface area contributed by atoms with Gasteiger partial charge in [-0.3, -0.25) is 24.0 Å². The average Bonchev–Trinajstić information content (AvgIpc) is 2.79. The molecule has 10 nitrogen and oxygen atoms in total. The second kappa shape index (κ2) is 11.8. The minimum Gasteiger partial charge on any atom is -0.354 e. The summed E-state index contributed by atoms with van der Waals surface area (Å²) < 4.78 is 25.8. The summed E-state index contributed by atoms with van der Waals surface area (Å²) in [5, 5.41) is 14.3. The van der Waals surface area contributed by atoms with Gasteiger partial charge in [0, 0.05) is 30.2 Å². The van der Waals surface area contributed by atoms with Gasteiger partial charge < -0.3 is 10.2 Å². The van der Waals surface area contributed by atoms with Crippen molar-refractivity contribution in [1.82, 2.24) is 10.2 Å². The Morgan fingerprint density at radius 1 is 1.18 bits per heavy atom. The maximum absolute atomic E-state index is 13.4. The number of sulfonamides is 1. The summed E-state index contributed by atoms with van der Waals surface area (Å²) in [6, 6.07) is 10.9. The van der Waals surface area contributed by atoms with Gasteiger partial charge in [-0.15, -0.1) is 0 Å². The third-order valence-electron chi connectivity index (χ3n) is 5.02. The van der Waals surface area contributed by atoms with Gasteiger partial charge in [-0.1, -0.05) is 42.8 Å². The minimum absolute atomic E-state index is 0.0360. The van der Waals surface area contributed by atoms with Gasteiger partial charge in [0.15, 0.2) is 0 Å². The Bertz CT molecular complexity index is 1160. The van der Waals surface area contributed by atoms with Crippen LogP contribution in [0.2, 0.25) is 5.02 Å². The lowest BCUT2D eigenvalue weighted by Gasteiger charge is -2.31. The van der Waals surface area contributed by atoms with Gasteiger partial charge in [0.1, 0.15) is 12.6 Å². The summed E-state index contributed by atoms with van der Waals surface area (Å²) in [5.41, 5.74) is 0.221. The van der Waals surface area contributed by atoms with Crippen LogP contribution in [0, 0.1) is 10.1 Å². The molecule has 0 spiro atoms. The van der Waals surface area contributed by atoms with E-state index in [1.54, 1.807) is 24.3 Å². The zero-order chi connectivity index (χ0) is 25.5. The van der Waals surface area contributed by atoms with Crippen LogP contribution >= 0.6 is 11.6 Å². The Labute approximate surface area is 203 Å². The van der Waals surface area contributed by atoms with Crippen molar-refractivity contribution in [2.45, 2.75) is 32.9 Å². The lowest BCUT2D eigenvalue weighted by atomic mass is 10.1. The second-order valence-corrected chi connectivity index (χ2v) is 9.94. The number of nitrogens with zero attached hydrogens (tertiary/aromatic N) is 3. The van der Waals surface area contributed by atoms with Gasteiger partial charge in [-0.2, -0.15) is 0 Å². The Kier molecular flexibility index (Phi) is 9.39. The fourth-order valence-corrected chi connectivity index (χ4v) is 4.20. The predicted octanol–water partition coefficient (Wildman–Crippen LogP) is 2.96. The van der Waals surface area contributed by atoms with Crippen molar-refractivity contribution >= 4 is 44.8 Å². The maximum Gasteiger partial charge on any atom is 0.271 e. The molecule has 34 heavy (non-hydrogen) atoms. The molecule has 2 aromatic rings. The van der Waals surface area contributed by atoms with E-state index in [4.69, 9.17) is 11.6 Å². The number of halogens is 1. The molecule has 184 valence electrons. The van der Waals surface area contributed by atoms with E-state index in [-0.39, 0.29) is 17.9 Å². The predicted molar refractivity (Wildman–Crippen MR) is 130 cm³/mol. The summed E-state index contributed by atoms with van der Waals surface area (Å²) in [5.74, 6) is -1.07. The molecule has 0 aromatic heterocycles. The van der Waals surface area contributed by atoms with Gasteiger partial charge in [0.2, 0.25) is 21.8 Å². The second-order valence-electron chi connectivity index (χ2n) is 7.63. The lowest BCUT2D eigenvalue weighted by molar-refractivity contribution is -0.384. The maximum atomic E-state index is 13.4. The number of hydrogen-bond donors (Lipinski definition) is 1. The quantitative estimate of drug-likeness (QED) is 0.365. The molecule has 12 heteroatoms. The highest BCUT2D eigenvalue weighted by Crippen LogP contribution is 2.24. The number of rotatable bonds is 11. The first-order valence-corrected chi connectivity index (χ1v) is 12.7. The molecule has 2 amide bonds. The van der Waals surface area contributed by atoms with Crippen LogP contribution in [0.3, 0.4) is 0 Å². The first-order chi connectivity index (χ1) is 16.0. The molecule has 1 N–H and O–H groups in total. The Morgan fingerprint density at radius 3 is 2.44 bits per heavy atom. The van der Waals surface area contributed by atoms with Crippen molar-refractivity contribution in [2.75, 3.05) is 23.7 Å². The molecular formula is C22H27ClN4O6S. The average molecular weight is 511 g/mol. The molecule has 0 saturated carbocycles. The highest BCUT2D eigenvalue weighted by atomic mass is 35.5. The smallest absolute Gasteiger partial charge is 0.271 e. The summed E-state index contributed by atoms with van der Waals surface area (Å²) in [6.45, 7) is 3.15. The number of carbonyl (C=O) groups is 2. The Hall–Kier alpha value is -3.18. The Morgan fingerprint density at radius 2 is 1.85 bits per heavy atom. The summed E-state index contributed by atoms with van der Waals surface area (Å²) in [4.78, 5) is 37.8. The molecule has 1 atom stereocenters. The third-order valence-corrected chi connectivity index (χ3v) is 6.53. The zero-order valence-corrected chi connectivity index (χ0v) is 20.7. The van der Waals surface area contributed by atoms with Crippen molar-refractivity contribution in [3.8, 4) is 0 Å². The number of nitrogens with one attached hydrogen (secondary N) is 1. The monoisotopic (exact) mass is 510 g/mol. The number of anilines is 1. The van der Waals surface area contributed by atoms with Gasteiger partial charge in [0.05, 0.1) is 16.9 Å². The summed E-state index contributed by atoms with van der Waals surface area (Å²) >= 11 is 6.25. The molecule has 0 aliphatic carbocycles. The number of benzene rings is 2. The minimum atomic E-state index is -3.99. The number of nitro benzene ring substituents is 1. The van der Waals surface area contributed by atoms with E-state index in [0.717, 1.165) is 16.6 Å². The summed E-state index contributed by atoms with van der Waals surface area (Å²) in [6.07, 6.45) is 1.60. The fraction of sp³-hybridized carbons (Fsp3) is 0.364. The van der Waals surface area contributed by atoms with Crippen LogP contribution in [0.15, 0.2) is 48.5 Å². The lowest BCUT2D eigenvalue weighted by Crippen LogP contribution is -2.51. The molecule has 2 rings (SSSR count). The van der Waals surface area contributed by atoms with E-state index in [2.05, 4.69) is 5.32 Å². The molecule has 0 bridgehead atoms. The van der Waals surface area contributed by atoms with Crippen LogP contribution in [0.5, 0.6) is 0 Å². The molecule has 0 radical (unpaired) electrons. The number of nitro groups is 1. The van der Waals surface area contributed by atoms with Crippen LogP contribution < -0.4 is 9.62 Å². The number of hydrogen-bond acceptors (Lipinski definition) is 6. The first-order valence-electron chi connectivity index (χ1n) is 10.5. The third kappa shape index (κ3) is 7.16. The standard InChI is InChI=1S/C22H27ClN4O6S/c1-4-12-24-22(29)16(2)25(14-17-8-5-6-11-20(17)23)21(28)15-26(34(3,32)33)18-9-7-10-19(13-18)27(30)31/h5-11,13,16H,4,12,14-15H2,1-3H3,(H,24,29)/t16-/m0/s1. The molecule has 0 aliphatic heterocycles. The van der Waals surface area contributed by atoms with Crippen LogP contribution in [0.25, 0.3) is 0 Å². The fourth-order valence-electron chi connectivity index (χ4n) is 3.16. The van der Waals surface area contributed by atoms with E-state index in [1.807, 2.05) is 6.92 Å². The van der Waals surface area contributed by atoms with Gasteiger partial charge in [-0.25, -0.2) is 8.42 Å². The van der Waals surface area contributed by atoms with Crippen molar-refractivity contribution in [3.63, 3.8) is 0 Å². The summed E-state index contributed by atoms with van der Waals surface area (Å²) in [7, 11) is -3.99. The highest BCUT2D eigenvalue weighted by molar-refractivity contribution is 7.92. The zero-order valence-electron chi connectivity index (χ0n) is 19.1. The highest BCUT2D eigenvalue weighted by Gasteiger charge is 2.30.